The van der Waals surface area contributed by atoms with Crippen molar-refractivity contribution in [3.05, 3.63) is 130 Å². The topological polar surface area (TPSA) is 67.4 Å². The minimum absolute atomic E-state index is 0.211. The first-order valence-corrected chi connectivity index (χ1v) is 12.1. The fourth-order valence-corrected chi connectivity index (χ4v) is 3.91. The van der Waals surface area contributed by atoms with Gasteiger partial charge in [0.15, 0.2) is 0 Å². The second-order valence-corrected chi connectivity index (χ2v) is 8.84. The van der Waals surface area contributed by atoms with E-state index in [-0.39, 0.29) is 11.8 Å². The van der Waals surface area contributed by atoms with Gasteiger partial charge in [0.05, 0.1) is 12.2 Å². The van der Waals surface area contributed by atoms with Gasteiger partial charge in [-0.15, -0.1) is 0 Å². The van der Waals surface area contributed by atoms with Crippen molar-refractivity contribution in [3.8, 4) is 5.75 Å². The average molecular weight is 529 g/mol. The third kappa shape index (κ3) is 7.04. The van der Waals surface area contributed by atoms with Gasteiger partial charge in [-0.05, 0) is 47.5 Å². The normalized spacial score (nSPS) is 10.4. The lowest BCUT2D eigenvalue weighted by Gasteiger charge is -2.13. The molecule has 0 aromatic heterocycles. The van der Waals surface area contributed by atoms with Crippen LogP contribution >= 0.6 is 15.9 Å². The largest absolute Gasteiger partial charge is 0.492 e. The van der Waals surface area contributed by atoms with E-state index in [1.54, 1.807) is 36.4 Å². The molecule has 6 heteroatoms. The molecule has 4 aromatic rings. The van der Waals surface area contributed by atoms with Gasteiger partial charge in [0.1, 0.15) is 5.75 Å². The lowest BCUT2D eigenvalue weighted by atomic mass is 10.1. The van der Waals surface area contributed by atoms with Crippen LogP contribution in [0.1, 0.15) is 31.8 Å². The number of amides is 2. The summed E-state index contributed by atoms with van der Waals surface area (Å²) in [5, 5.41) is 5.79. The maximum Gasteiger partial charge on any atom is 0.259 e. The molecule has 4 rings (SSSR count). The Bertz CT molecular complexity index is 1290. The molecule has 176 valence electrons. The van der Waals surface area contributed by atoms with Crippen LogP contribution in [-0.4, -0.2) is 18.4 Å². The zero-order valence-corrected chi connectivity index (χ0v) is 20.6. The zero-order chi connectivity index (χ0) is 24.5. The third-order valence-electron chi connectivity index (χ3n) is 5.36. The summed E-state index contributed by atoms with van der Waals surface area (Å²) < 4.78 is 6.72. The maximum absolute atomic E-state index is 13.1. The fourth-order valence-electron chi connectivity index (χ4n) is 3.55. The molecular formula is C29H25BrN2O3. The minimum Gasteiger partial charge on any atom is -0.492 e. The summed E-state index contributed by atoms with van der Waals surface area (Å²) in [7, 11) is 0. The minimum atomic E-state index is -0.317. The second-order valence-electron chi connectivity index (χ2n) is 7.93. The number of carbonyl (C=O) groups is 2. The van der Waals surface area contributed by atoms with Crippen LogP contribution in [0.5, 0.6) is 5.75 Å². The van der Waals surface area contributed by atoms with Gasteiger partial charge < -0.3 is 15.4 Å². The van der Waals surface area contributed by atoms with E-state index < -0.39 is 0 Å². The molecule has 0 unspecified atom stereocenters. The molecule has 0 bridgehead atoms. The molecule has 5 nitrogen and oxygen atoms in total. The average Bonchev–Trinajstić information content (AvgIpc) is 2.89. The predicted octanol–water partition coefficient (Wildman–Crippen LogP) is 6.25. The number of rotatable bonds is 9. The van der Waals surface area contributed by atoms with Crippen LogP contribution in [-0.2, 0) is 13.0 Å². The van der Waals surface area contributed by atoms with Gasteiger partial charge in [0.2, 0.25) is 0 Å². The van der Waals surface area contributed by atoms with Crippen molar-refractivity contribution in [1.82, 2.24) is 5.32 Å². The highest BCUT2D eigenvalue weighted by Gasteiger charge is 2.15. The van der Waals surface area contributed by atoms with Crippen LogP contribution in [0, 0.1) is 0 Å². The second kappa shape index (κ2) is 12.0. The molecule has 2 N–H and O–H groups in total. The van der Waals surface area contributed by atoms with E-state index >= 15 is 0 Å². The van der Waals surface area contributed by atoms with Crippen LogP contribution < -0.4 is 15.4 Å². The van der Waals surface area contributed by atoms with Gasteiger partial charge >= 0.3 is 0 Å². The molecule has 0 aliphatic heterocycles. The van der Waals surface area contributed by atoms with Gasteiger partial charge in [-0.2, -0.15) is 0 Å². The van der Waals surface area contributed by atoms with Gasteiger partial charge in [-0.1, -0.05) is 82.7 Å². The standard InChI is InChI=1S/C29H25BrN2O3/c30-24-14-15-27(35-17-16-21-8-3-1-4-9-21)26(19-24)29(34)32-25-13-7-12-23(18-25)28(33)31-20-22-10-5-2-6-11-22/h1-15,18-19H,16-17,20H2,(H,31,33)(H,32,34). The van der Waals surface area contributed by atoms with E-state index in [9.17, 15) is 9.59 Å². The Balaban J connectivity index is 1.41. The quantitative estimate of drug-likeness (QED) is 0.269. The molecule has 35 heavy (non-hydrogen) atoms. The first-order valence-electron chi connectivity index (χ1n) is 11.3. The summed E-state index contributed by atoms with van der Waals surface area (Å²) in [5.41, 5.74) is 3.58. The van der Waals surface area contributed by atoms with E-state index in [2.05, 4.69) is 26.6 Å². The van der Waals surface area contributed by atoms with E-state index in [1.807, 2.05) is 66.7 Å². The van der Waals surface area contributed by atoms with E-state index in [1.165, 1.54) is 0 Å². The molecule has 0 saturated carbocycles. The molecule has 0 atom stereocenters. The van der Waals surface area contributed by atoms with Crippen LogP contribution in [0.3, 0.4) is 0 Å². The van der Waals surface area contributed by atoms with E-state index in [4.69, 9.17) is 4.74 Å². The van der Waals surface area contributed by atoms with Gasteiger partial charge in [-0.3, -0.25) is 9.59 Å². The Hall–Kier alpha value is -3.90. The molecule has 0 heterocycles. The molecule has 0 aliphatic rings. The van der Waals surface area contributed by atoms with Gasteiger partial charge in [-0.25, -0.2) is 0 Å². The van der Waals surface area contributed by atoms with Crippen LogP contribution in [0.25, 0.3) is 0 Å². The first kappa shape index (κ1) is 24.2. The fraction of sp³-hybridized carbons (Fsp3) is 0.103. The lowest BCUT2D eigenvalue weighted by Crippen LogP contribution is -2.23. The molecule has 0 radical (unpaired) electrons. The molecule has 0 saturated heterocycles. The molecule has 4 aromatic carbocycles. The van der Waals surface area contributed by atoms with Crippen molar-refractivity contribution in [1.29, 1.82) is 0 Å². The summed E-state index contributed by atoms with van der Waals surface area (Å²) in [5.74, 6) is -0.0291. The Kier molecular flexibility index (Phi) is 8.30. The number of hydrogen-bond acceptors (Lipinski definition) is 3. The number of carbonyl (C=O) groups excluding carboxylic acids is 2. The number of ether oxygens (including phenoxy) is 1. The van der Waals surface area contributed by atoms with Crippen LogP contribution in [0.4, 0.5) is 5.69 Å². The third-order valence-corrected chi connectivity index (χ3v) is 5.85. The highest BCUT2D eigenvalue weighted by Crippen LogP contribution is 2.25. The van der Waals surface area contributed by atoms with E-state index in [0.717, 1.165) is 22.0 Å². The van der Waals surface area contributed by atoms with Crippen molar-refractivity contribution in [2.24, 2.45) is 0 Å². The van der Waals surface area contributed by atoms with Crippen molar-refractivity contribution in [2.75, 3.05) is 11.9 Å². The number of nitrogens with one attached hydrogen (secondary N) is 2. The van der Waals surface area contributed by atoms with Gasteiger partial charge in [0, 0.05) is 28.7 Å². The highest BCUT2D eigenvalue weighted by atomic mass is 79.9. The van der Waals surface area contributed by atoms with Crippen LogP contribution in [0.15, 0.2) is 108 Å². The molecule has 0 fully saturated rings. The summed E-state index contributed by atoms with van der Waals surface area (Å²) in [6, 6.07) is 31.9. The molecule has 2 amide bonds. The Morgan fingerprint density at radius 3 is 2.20 bits per heavy atom. The Labute approximate surface area is 213 Å². The van der Waals surface area contributed by atoms with Crippen molar-refractivity contribution in [2.45, 2.75) is 13.0 Å². The summed E-state index contributed by atoms with van der Waals surface area (Å²) >= 11 is 3.43. The smallest absolute Gasteiger partial charge is 0.259 e. The van der Waals surface area contributed by atoms with Crippen molar-refractivity contribution < 1.29 is 14.3 Å². The predicted molar refractivity (Wildman–Crippen MR) is 142 cm³/mol. The van der Waals surface area contributed by atoms with Crippen molar-refractivity contribution in [3.63, 3.8) is 0 Å². The van der Waals surface area contributed by atoms with Crippen LogP contribution in [0.2, 0.25) is 0 Å². The number of anilines is 1. The molecule has 0 spiro atoms. The highest BCUT2D eigenvalue weighted by molar-refractivity contribution is 9.10. The molecular weight excluding hydrogens is 504 g/mol. The van der Waals surface area contributed by atoms with Crippen molar-refractivity contribution >= 4 is 33.4 Å². The number of benzene rings is 4. The van der Waals surface area contributed by atoms with Gasteiger partial charge in [0.25, 0.3) is 11.8 Å². The maximum atomic E-state index is 13.1. The van der Waals surface area contributed by atoms with E-state index in [0.29, 0.717) is 35.7 Å². The zero-order valence-electron chi connectivity index (χ0n) is 19.0. The summed E-state index contributed by atoms with van der Waals surface area (Å²) in [4.78, 5) is 25.7. The lowest BCUT2D eigenvalue weighted by molar-refractivity contribution is 0.0949. The first-order chi connectivity index (χ1) is 17.1. The number of halogens is 1. The monoisotopic (exact) mass is 528 g/mol. The summed E-state index contributed by atoms with van der Waals surface area (Å²) in [6.07, 6.45) is 0.734. The number of hydrogen-bond donors (Lipinski definition) is 2. The molecule has 0 aliphatic carbocycles. The Morgan fingerprint density at radius 2 is 1.46 bits per heavy atom. The Morgan fingerprint density at radius 1 is 0.743 bits per heavy atom. The SMILES string of the molecule is O=C(NCc1ccccc1)c1cccc(NC(=O)c2cc(Br)ccc2OCCc2ccccc2)c1. The summed E-state index contributed by atoms with van der Waals surface area (Å²) in [6.45, 7) is 0.876.